The van der Waals surface area contributed by atoms with Crippen LogP contribution in [0.15, 0.2) is 42.7 Å². The summed E-state index contributed by atoms with van der Waals surface area (Å²) in [5.74, 6) is -1.35. The van der Waals surface area contributed by atoms with Gasteiger partial charge in [-0.25, -0.2) is 0 Å². The molecule has 1 aliphatic heterocycles. The highest BCUT2D eigenvalue weighted by Gasteiger charge is 2.21. The van der Waals surface area contributed by atoms with Crippen LogP contribution in [-0.4, -0.2) is 30.7 Å². The van der Waals surface area contributed by atoms with Gasteiger partial charge in [0.25, 0.3) is 5.91 Å². The Morgan fingerprint density at radius 3 is 2.61 bits per heavy atom. The molecular weight excluding hydrogens is 380 g/mol. The summed E-state index contributed by atoms with van der Waals surface area (Å²) in [5, 5.41) is 0. The minimum atomic E-state index is -3.21. The molecule has 1 aromatic carbocycles. The molecule has 0 atom stereocenters. The van der Waals surface area contributed by atoms with E-state index in [9.17, 15) is 22.4 Å². The molecule has 148 valence electrons. The maximum Gasteiger partial charge on any atom is 0.387 e. The average Bonchev–Trinajstić information content (AvgIpc) is 2.66. The van der Waals surface area contributed by atoms with Gasteiger partial charge in [0.15, 0.2) is 11.5 Å². The summed E-state index contributed by atoms with van der Waals surface area (Å²) in [4.78, 5) is 18.2. The van der Waals surface area contributed by atoms with Gasteiger partial charge in [-0.1, -0.05) is 6.07 Å². The first-order chi connectivity index (χ1) is 13.4. The van der Waals surface area contributed by atoms with Crippen LogP contribution in [0.25, 0.3) is 6.08 Å². The average molecular weight is 396 g/mol. The van der Waals surface area contributed by atoms with E-state index in [2.05, 4.69) is 14.5 Å². The lowest BCUT2D eigenvalue weighted by molar-refractivity contribution is -0.114. The molecule has 2 heterocycles. The number of rotatable bonds is 6. The van der Waals surface area contributed by atoms with Crippen LogP contribution in [0, 0.1) is 0 Å². The number of aryl methyl sites for hydroxylation is 1. The van der Waals surface area contributed by atoms with Gasteiger partial charge in [-0.05, 0) is 48.2 Å². The van der Waals surface area contributed by atoms with E-state index in [1.54, 1.807) is 23.4 Å². The summed E-state index contributed by atoms with van der Waals surface area (Å²) < 4.78 is 58.2. The fourth-order valence-corrected chi connectivity index (χ4v) is 2.92. The third-order valence-electron chi connectivity index (χ3n) is 4.08. The van der Waals surface area contributed by atoms with Crippen molar-refractivity contribution in [2.24, 2.45) is 0 Å². The molecule has 2 aromatic rings. The molecule has 0 fully saturated rings. The van der Waals surface area contributed by atoms with Gasteiger partial charge in [-0.15, -0.1) is 0 Å². The lowest BCUT2D eigenvalue weighted by Crippen LogP contribution is -2.34. The molecule has 1 aliphatic rings. The Hall–Kier alpha value is -3.10. The van der Waals surface area contributed by atoms with Crippen LogP contribution < -0.4 is 14.4 Å². The van der Waals surface area contributed by atoms with E-state index in [1.165, 1.54) is 18.2 Å². The fourth-order valence-electron chi connectivity index (χ4n) is 2.92. The molecule has 28 heavy (non-hydrogen) atoms. The second-order valence-corrected chi connectivity index (χ2v) is 5.89. The van der Waals surface area contributed by atoms with Gasteiger partial charge in [0.05, 0.1) is 5.69 Å². The number of halogens is 4. The highest BCUT2D eigenvalue weighted by Crippen LogP contribution is 2.32. The zero-order chi connectivity index (χ0) is 20.1. The molecule has 0 N–H and O–H groups in total. The maximum absolute atomic E-state index is 12.6. The van der Waals surface area contributed by atoms with Crippen molar-refractivity contribution in [1.82, 2.24) is 4.98 Å². The number of carbonyl (C=O) groups is 1. The largest absolute Gasteiger partial charge is 0.431 e. The van der Waals surface area contributed by atoms with E-state index >= 15 is 0 Å². The van der Waals surface area contributed by atoms with Crippen molar-refractivity contribution in [3.8, 4) is 11.5 Å². The Morgan fingerprint density at radius 2 is 1.86 bits per heavy atom. The van der Waals surface area contributed by atoms with Crippen LogP contribution in [-0.2, 0) is 11.2 Å². The van der Waals surface area contributed by atoms with Gasteiger partial charge >= 0.3 is 13.2 Å². The van der Waals surface area contributed by atoms with Crippen molar-refractivity contribution in [1.29, 1.82) is 0 Å². The second kappa shape index (κ2) is 8.73. The number of ether oxygens (including phenoxy) is 2. The Kier molecular flexibility index (Phi) is 6.13. The highest BCUT2D eigenvalue weighted by molar-refractivity contribution is 6.04. The van der Waals surface area contributed by atoms with Crippen molar-refractivity contribution < 1.29 is 31.8 Å². The minimum absolute atomic E-state index is 0.295. The molecule has 0 saturated heterocycles. The summed E-state index contributed by atoms with van der Waals surface area (Å²) in [6.07, 6.45) is 7.62. The zero-order valence-electron chi connectivity index (χ0n) is 14.5. The maximum atomic E-state index is 12.6. The summed E-state index contributed by atoms with van der Waals surface area (Å²) in [5.41, 5.74) is 2.06. The Morgan fingerprint density at radius 1 is 1.11 bits per heavy atom. The third-order valence-corrected chi connectivity index (χ3v) is 4.08. The molecular formula is C19H16F4N2O3. The van der Waals surface area contributed by atoms with Crippen LogP contribution in [0.2, 0.25) is 0 Å². The summed E-state index contributed by atoms with van der Waals surface area (Å²) in [6, 6.07) is 5.29. The molecule has 0 saturated carbocycles. The molecule has 5 nitrogen and oxygen atoms in total. The van der Waals surface area contributed by atoms with Gasteiger partial charge in [-0.3, -0.25) is 9.78 Å². The number of hydrogen-bond donors (Lipinski definition) is 0. The SMILES string of the molecule is O=C(/C=C/c1ccc(OC(F)F)c(OC(F)F)c1)N1CCCc2cnccc21. The summed E-state index contributed by atoms with van der Waals surface area (Å²) >= 11 is 0. The first-order valence-electron chi connectivity index (χ1n) is 8.40. The monoisotopic (exact) mass is 396 g/mol. The number of fused-ring (bicyclic) bond motifs is 1. The molecule has 0 radical (unpaired) electrons. The lowest BCUT2D eigenvalue weighted by Gasteiger charge is -2.28. The topological polar surface area (TPSA) is 51.7 Å². The Bertz CT molecular complexity index is 874. The number of carbonyl (C=O) groups excluding carboxylic acids is 1. The second-order valence-electron chi connectivity index (χ2n) is 5.89. The van der Waals surface area contributed by atoms with E-state index in [-0.39, 0.29) is 5.91 Å². The molecule has 0 aliphatic carbocycles. The number of alkyl halides is 4. The predicted octanol–water partition coefficient (Wildman–Crippen LogP) is 4.28. The van der Waals surface area contributed by atoms with Crippen LogP contribution in [0.1, 0.15) is 17.5 Å². The quantitative estimate of drug-likeness (QED) is 0.540. The van der Waals surface area contributed by atoms with Crippen molar-refractivity contribution in [3.05, 3.63) is 53.9 Å². The van der Waals surface area contributed by atoms with Crippen molar-refractivity contribution >= 4 is 17.7 Å². The van der Waals surface area contributed by atoms with E-state index in [4.69, 9.17) is 0 Å². The smallest absolute Gasteiger partial charge is 0.387 e. The van der Waals surface area contributed by atoms with Crippen LogP contribution in [0.5, 0.6) is 11.5 Å². The number of anilines is 1. The molecule has 3 rings (SSSR count). The van der Waals surface area contributed by atoms with E-state index in [1.807, 2.05) is 0 Å². The van der Waals surface area contributed by atoms with Crippen molar-refractivity contribution in [2.75, 3.05) is 11.4 Å². The van der Waals surface area contributed by atoms with Crippen LogP contribution in [0.3, 0.4) is 0 Å². The molecule has 1 aromatic heterocycles. The van der Waals surface area contributed by atoms with Gasteiger partial charge in [0.1, 0.15) is 0 Å². The fraction of sp³-hybridized carbons (Fsp3) is 0.263. The van der Waals surface area contributed by atoms with E-state index < -0.39 is 24.7 Å². The zero-order valence-corrected chi connectivity index (χ0v) is 14.5. The number of amides is 1. The van der Waals surface area contributed by atoms with Crippen LogP contribution in [0.4, 0.5) is 23.2 Å². The number of pyridine rings is 1. The summed E-state index contributed by atoms with van der Waals surface area (Å²) in [6.45, 7) is -5.85. The molecule has 9 heteroatoms. The number of benzene rings is 1. The normalized spacial score (nSPS) is 13.9. The number of nitrogens with zero attached hydrogens (tertiary/aromatic N) is 2. The van der Waals surface area contributed by atoms with Gasteiger partial charge in [-0.2, -0.15) is 17.6 Å². The minimum Gasteiger partial charge on any atom is -0.431 e. The van der Waals surface area contributed by atoms with Crippen molar-refractivity contribution in [2.45, 2.75) is 26.1 Å². The molecule has 1 amide bonds. The summed E-state index contributed by atoms with van der Waals surface area (Å²) in [7, 11) is 0. The molecule has 0 bridgehead atoms. The van der Waals surface area contributed by atoms with Gasteiger partial charge < -0.3 is 14.4 Å². The molecule has 0 unspecified atom stereocenters. The first-order valence-corrected chi connectivity index (χ1v) is 8.40. The highest BCUT2D eigenvalue weighted by atomic mass is 19.3. The predicted molar refractivity (Wildman–Crippen MR) is 93.7 cm³/mol. The van der Waals surface area contributed by atoms with Crippen molar-refractivity contribution in [3.63, 3.8) is 0 Å². The Labute approximate surface area is 158 Å². The third kappa shape index (κ3) is 4.79. The number of aromatic nitrogens is 1. The van der Waals surface area contributed by atoms with E-state index in [0.717, 1.165) is 36.2 Å². The standard InChI is InChI=1S/C19H16F4N2O3/c20-18(21)27-15-5-3-12(10-16(15)28-19(22)23)4-6-17(26)25-9-1-2-13-11-24-8-7-14(13)25/h3-8,10-11,18-19H,1-2,9H2/b6-4+. The lowest BCUT2D eigenvalue weighted by atomic mass is 10.0. The van der Waals surface area contributed by atoms with E-state index in [0.29, 0.717) is 12.1 Å². The van der Waals surface area contributed by atoms with Crippen LogP contribution >= 0.6 is 0 Å². The van der Waals surface area contributed by atoms with Gasteiger partial charge in [0.2, 0.25) is 0 Å². The Balaban J connectivity index is 1.79. The number of hydrogen-bond acceptors (Lipinski definition) is 4. The first kappa shape index (κ1) is 19.7. The molecule has 0 spiro atoms. The van der Waals surface area contributed by atoms with Gasteiger partial charge in [0, 0.05) is 25.0 Å².